The van der Waals surface area contributed by atoms with E-state index in [-0.39, 0.29) is 12.1 Å². The summed E-state index contributed by atoms with van der Waals surface area (Å²) in [6.07, 6.45) is 3.29. The number of esters is 1. The van der Waals surface area contributed by atoms with Crippen LogP contribution in [0.4, 0.5) is 9.18 Å². The third-order valence-corrected chi connectivity index (χ3v) is 8.08. The first-order chi connectivity index (χ1) is 20.0. The Balaban J connectivity index is 1.52. The highest BCUT2D eigenvalue weighted by molar-refractivity contribution is 5.95. The first-order valence-electron chi connectivity index (χ1n) is 14.6. The number of hydrogen-bond donors (Lipinski definition) is 0. The van der Waals surface area contributed by atoms with Crippen LogP contribution < -0.4 is 4.74 Å². The van der Waals surface area contributed by atoms with Crippen LogP contribution >= 0.6 is 0 Å². The van der Waals surface area contributed by atoms with Gasteiger partial charge in [0.1, 0.15) is 11.4 Å². The van der Waals surface area contributed by atoms with Crippen molar-refractivity contribution in [3.63, 3.8) is 0 Å². The van der Waals surface area contributed by atoms with E-state index in [1.165, 1.54) is 31.6 Å². The smallest absolute Gasteiger partial charge is 0.419 e. The molecule has 1 aromatic heterocycles. The molecular formula is C33H41FN2O6. The highest BCUT2D eigenvalue weighted by atomic mass is 19.1. The van der Waals surface area contributed by atoms with E-state index in [2.05, 4.69) is 0 Å². The lowest BCUT2D eigenvalue weighted by molar-refractivity contribution is -0.0584. The molecule has 0 amide bonds. The summed E-state index contributed by atoms with van der Waals surface area (Å²) >= 11 is 0. The second-order valence-corrected chi connectivity index (χ2v) is 12.4. The molecule has 0 radical (unpaired) electrons. The fourth-order valence-corrected chi connectivity index (χ4v) is 5.79. The summed E-state index contributed by atoms with van der Waals surface area (Å²) in [5.41, 5.74) is 2.38. The minimum Gasteiger partial charge on any atom is -0.496 e. The summed E-state index contributed by atoms with van der Waals surface area (Å²) in [5.74, 6) is 0.632. The monoisotopic (exact) mass is 580 g/mol. The number of ether oxygens (including phenoxy) is 4. The topological polar surface area (TPSA) is 79.2 Å². The summed E-state index contributed by atoms with van der Waals surface area (Å²) < 4.78 is 41.0. The van der Waals surface area contributed by atoms with Gasteiger partial charge >= 0.3 is 12.1 Å². The Bertz CT molecular complexity index is 1440. The van der Waals surface area contributed by atoms with Crippen LogP contribution in [-0.2, 0) is 14.2 Å². The molecule has 5 rings (SSSR count). The van der Waals surface area contributed by atoms with Crippen molar-refractivity contribution in [2.75, 3.05) is 27.4 Å². The third-order valence-electron chi connectivity index (χ3n) is 8.08. The Hall–Kier alpha value is -3.43. The molecule has 0 N–H and O–H groups in total. The van der Waals surface area contributed by atoms with Gasteiger partial charge in [0.15, 0.2) is 6.30 Å². The summed E-state index contributed by atoms with van der Waals surface area (Å²) in [7, 11) is 2.88. The third kappa shape index (κ3) is 6.32. The fourth-order valence-electron chi connectivity index (χ4n) is 5.79. The summed E-state index contributed by atoms with van der Waals surface area (Å²) in [6, 6.07) is 10.4. The number of piperidine rings is 1. The van der Waals surface area contributed by atoms with Gasteiger partial charge in [-0.25, -0.2) is 14.0 Å². The van der Waals surface area contributed by atoms with Crippen LogP contribution in [0.2, 0.25) is 0 Å². The molecule has 1 saturated heterocycles. The van der Waals surface area contributed by atoms with E-state index < -0.39 is 24.0 Å². The quantitative estimate of drug-likeness (QED) is 0.207. The molecule has 2 heterocycles. The molecule has 9 heteroatoms. The first kappa shape index (κ1) is 30.0. The zero-order chi connectivity index (χ0) is 30.2. The lowest BCUT2D eigenvalue weighted by Gasteiger charge is -2.41. The van der Waals surface area contributed by atoms with Gasteiger partial charge in [-0.3, -0.25) is 9.47 Å². The van der Waals surface area contributed by atoms with Crippen molar-refractivity contribution < 1.29 is 32.9 Å². The van der Waals surface area contributed by atoms with Gasteiger partial charge in [-0.1, -0.05) is 12.1 Å². The van der Waals surface area contributed by atoms with Gasteiger partial charge in [-0.2, -0.15) is 0 Å². The number of aromatic nitrogens is 1. The zero-order valence-corrected chi connectivity index (χ0v) is 25.3. The molecule has 1 aliphatic carbocycles. The van der Waals surface area contributed by atoms with Crippen molar-refractivity contribution in [3.05, 3.63) is 64.8 Å². The molecule has 2 fully saturated rings. The number of rotatable bonds is 8. The minimum atomic E-state index is -1.53. The predicted molar refractivity (Wildman–Crippen MR) is 158 cm³/mol. The van der Waals surface area contributed by atoms with Crippen LogP contribution in [0.1, 0.15) is 85.8 Å². The largest absolute Gasteiger partial charge is 0.496 e. The molecule has 0 bridgehead atoms. The molecule has 2 aromatic carbocycles. The molecule has 3 atom stereocenters. The van der Waals surface area contributed by atoms with Crippen molar-refractivity contribution in [1.29, 1.82) is 0 Å². The van der Waals surface area contributed by atoms with Crippen LogP contribution in [-0.4, -0.2) is 60.6 Å². The number of benzene rings is 2. The molecular weight excluding hydrogens is 539 g/mol. The number of carbonyl (C=O) groups is 2. The molecule has 0 spiro atoms. The van der Waals surface area contributed by atoms with Gasteiger partial charge in [0.2, 0.25) is 0 Å². The van der Waals surface area contributed by atoms with Gasteiger partial charge in [0.25, 0.3) is 0 Å². The number of carbonyl (C=O) groups excluding carboxylic acids is 2. The molecule has 8 nitrogen and oxygen atoms in total. The van der Waals surface area contributed by atoms with E-state index in [1.807, 2.05) is 44.7 Å². The first-order valence-corrected chi connectivity index (χ1v) is 14.6. The highest BCUT2D eigenvalue weighted by Crippen LogP contribution is 2.45. The average Bonchev–Trinajstić information content (AvgIpc) is 3.69. The van der Waals surface area contributed by atoms with Gasteiger partial charge in [-0.15, -0.1) is 0 Å². The summed E-state index contributed by atoms with van der Waals surface area (Å²) in [4.78, 5) is 27.0. The molecule has 2 aliphatic rings. The van der Waals surface area contributed by atoms with Crippen LogP contribution in [0.25, 0.3) is 10.9 Å². The van der Waals surface area contributed by atoms with Gasteiger partial charge in [-0.05, 0) is 94.7 Å². The van der Waals surface area contributed by atoms with Crippen molar-refractivity contribution in [2.24, 2.45) is 5.92 Å². The van der Waals surface area contributed by atoms with Crippen molar-refractivity contribution in [2.45, 2.75) is 77.4 Å². The number of halogens is 1. The highest BCUT2D eigenvalue weighted by Gasteiger charge is 2.38. The van der Waals surface area contributed by atoms with E-state index in [0.717, 1.165) is 17.7 Å². The van der Waals surface area contributed by atoms with Gasteiger partial charge in [0.05, 0.1) is 37.0 Å². The molecule has 1 aliphatic heterocycles. The number of nitrogens with zero attached hydrogens (tertiary/aromatic N) is 2. The van der Waals surface area contributed by atoms with Crippen molar-refractivity contribution in [1.82, 2.24) is 9.47 Å². The number of methoxy groups -OCH3 is 2. The van der Waals surface area contributed by atoms with Gasteiger partial charge < -0.3 is 18.9 Å². The Morgan fingerprint density at radius 2 is 1.79 bits per heavy atom. The van der Waals surface area contributed by atoms with Crippen LogP contribution in [0.5, 0.6) is 5.75 Å². The van der Waals surface area contributed by atoms with E-state index >= 15 is 4.39 Å². The Kier molecular flexibility index (Phi) is 8.62. The molecule has 3 aromatic rings. The number of hydrogen-bond acceptors (Lipinski definition) is 7. The number of alkyl halides is 1. The Morgan fingerprint density at radius 1 is 1.07 bits per heavy atom. The Morgan fingerprint density at radius 3 is 2.40 bits per heavy atom. The minimum absolute atomic E-state index is 0.00696. The SMILES string of the molecule is COC(=O)c1ccc([C@@H]2C[C@@H](OCC3CC3)CCN2C(F)c2c(OC)cc(C)c3c2ccn3C(=O)OC(C)(C)C)cc1. The zero-order valence-electron chi connectivity index (χ0n) is 25.3. The molecule has 1 saturated carbocycles. The summed E-state index contributed by atoms with van der Waals surface area (Å²) in [5, 5.41) is 0.595. The molecule has 226 valence electrons. The Labute approximate surface area is 246 Å². The maximum absolute atomic E-state index is 17.1. The van der Waals surface area contributed by atoms with E-state index in [9.17, 15) is 9.59 Å². The van der Waals surface area contributed by atoms with Crippen molar-refractivity contribution in [3.8, 4) is 5.75 Å². The normalized spacial score (nSPS) is 20.4. The fraction of sp³-hybridized carbons (Fsp3) is 0.515. The lowest BCUT2D eigenvalue weighted by atomic mass is 9.91. The number of aryl methyl sites for hydroxylation is 1. The number of fused-ring (bicyclic) bond motifs is 1. The summed E-state index contributed by atoms with van der Waals surface area (Å²) in [6.45, 7) is 8.51. The standard InChI is InChI=1S/C33H41FN2O6/c1-20-17-27(39-5)28(25-14-16-36(29(20)25)32(38)42-33(2,3)4)30(34)35-15-13-24(41-19-21-7-8-21)18-26(35)22-9-11-23(12-10-22)31(37)40-6/h9-12,14,16-17,21,24,26,30H,7-8,13,15,18-19H2,1-6H3/t24-,26-,30?/m0/s1. The van der Waals surface area contributed by atoms with Crippen molar-refractivity contribution >= 4 is 23.0 Å². The lowest BCUT2D eigenvalue weighted by Crippen LogP contribution is -2.41. The molecule has 42 heavy (non-hydrogen) atoms. The predicted octanol–water partition coefficient (Wildman–Crippen LogP) is 7.13. The average molecular weight is 581 g/mol. The second kappa shape index (κ2) is 12.1. The van der Waals surface area contributed by atoms with Crippen LogP contribution in [0.3, 0.4) is 0 Å². The van der Waals surface area contributed by atoms with E-state index in [4.69, 9.17) is 18.9 Å². The maximum Gasteiger partial charge on any atom is 0.419 e. The van der Waals surface area contributed by atoms with Gasteiger partial charge in [0, 0.05) is 30.8 Å². The van der Waals surface area contributed by atoms with E-state index in [0.29, 0.717) is 53.1 Å². The maximum atomic E-state index is 17.1. The number of likely N-dealkylation sites (tertiary alicyclic amines) is 1. The van der Waals surface area contributed by atoms with Crippen LogP contribution in [0.15, 0.2) is 42.6 Å². The molecule has 1 unspecified atom stereocenters. The second-order valence-electron chi connectivity index (χ2n) is 12.4. The van der Waals surface area contributed by atoms with Crippen LogP contribution in [0, 0.1) is 12.8 Å². The van der Waals surface area contributed by atoms with E-state index in [1.54, 1.807) is 30.5 Å².